The standard InChI is InChI=1S/C15H11NO4/c17-13(9-5-2-1-3-6-9)11-12(10-7-4-8-20-10)16-15(19)14(11)18/h1-8,12,17H,(H,16,19)/b13-11+. The van der Waals surface area contributed by atoms with E-state index in [-0.39, 0.29) is 11.3 Å². The lowest BCUT2D eigenvalue weighted by atomic mass is 10.00. The molecular weight excluding hydrogens is 258 g/mol. The molecule has 2 aromatic rings. The average Bonchev–Trinajstić information content (AvgIpc) is 3.09. The van der Waals surface area contributed by atoms with Crippen molar-refractivity contribution in [1.29, 1.82) is 0 Å². The highest BCUT2D eigenvalue weighted by Crippen LogP contribution is 2.32. The van der Waals surface area contributed by atoms with Crippen molar-refractivity contribution in [3.05, 3.63) is 65.6 Å². The predicted molar refractivity (Wildman–Crippen MR) is 70.6 cm³/mol. The Kier molecular flexibility index (Phi) is 2.87. The van der Waals surface area contributed by atoms with E-state index in [1.165, 1.54) is 6.26 Å². The van der Waals surface area contributed by atoms with Gasteiger partial charge in [0.05, 0.1) is 11.8 Å². The van der Waals surface area contributed by atoms with Crippen LogP contribution in [0.4, 0.5) is 0 Å². The number of benzene rings is 1. The number of amides is 1. The Morgan fingerprint density at radius 2 is 1.85 bits per heavy atom. The number of hydrogen-bond acceptors (Lipinski definition) is 4. The van der Waals surface area contributed by atoms with Crippen molar-refractivity contribution < 1.29 is 19.1 Å². The van der Waals surface area contributed by atoms with Crippen LogP contribution in [-0.2, 0) is 9.59 Å². The van der Waals surface area contributed by atoms with Crippen LogP contribution >= 0.6 is 0 Å². The van der Waals surface area contributed by atoms with Crippen LogP contribution in [0.15, 0.2) is 58.7 Å². The summed E-state index contributed by atoms with van der Waals surface area (Å²) < 4.78 is 5.22. The number of hydrogen-bond donors (Lipinski definition) is 2. The number of aliphatic hydroxyl groups excluding tert-OH is 1. The topological polar surface area (TPSA) is 79.5 Å². The molecule has 0 aliphatic carbocycles. The van der Waals surface area contributed by atoms with Gasteiger partial charge in [-0.05, 0) is 12.1 Å². The summed E-state index contributed by atoms with van der Waals surface area (Å²) in [7, 11) is 0. The first-order valence-corrected chi connectivity index (χ1v) is 6.05. The predicted octanol–water partition coefficient (Wildman–Crippen LogP) is 1.99. The highest BCUT2D eigenvalue weighted by Gasteiger charge is 2.40. The summed E-state index contributed by atoms with van der Waals surface area (Å²) in [6, 6.07) is 11.1. The van der Waals surface area contributed by atoms with Crippen LogP contribution in [0.5, 0.6) is 0 Å². The number of ketones is 1. The Hall–Kier alpha value is -2.82. The highest BCUT2D eigenvalue weighted by atomic mass is 16.3. The number of rotatable bonds is 2. The van der Waals surface area contributed by atoms with Crippen molar-refractivity contribution in [3.8, 4) is 0 Å². The number of nitrogens with one attached hydrogen (secondary N) is 1. The van der Waals surface area contributed by atoms with Crippen LogP contribution in [0.1, 0.15) is 17.4 Å². The van der Waals surface area contributed by atoms with Crippen molar-refractivity contribution in [2.24, 2.45) is 0 Å². The van der Waals surface area contributed by atoms with Crippen molar-refractivity contribution in [2.75, 3.05) is 0 Å². The Labute approximate surface area is 114 Å². The fourth-order valence-electron chi connectivity index (χ4n) is 2.19. The second-order valence-corrected chi connectivity index (χ2v) is 4.38. The van der Waals surface area contributed by atoms with Crippen LogP contribution in [0, 0.1) is 0 Å². The molecule has 1 unspecified atom stereocenters. The first kappa shape index (κ1) is 12.2. The summed E-state index contributed by atoms with van der Waals surface area (Å²) in [4.78, 5) is 23.5. The molecule has 1 atom stereocenters. The van der Waals surface area contributed by atoms with Gasteiger partial charge < -0.3 is 14.8 Å². The summed E-state index contributed by atoms with van der Waals surface area (Å²) in [5, 5.41) is 12.8. The van der Waals surface area contributed by atoms with E-state index in [2.05, 4.69) is 5.32 Å². The minimum absolute atomic E-state index is 0.0103. The minimum Gasteiger partial charge on any atom is -0.507 e. The Bertz CT molecular complexity index is 686. The molecule has 100 valence electrons. The fourth-order valence-corrected chi connectivity index (χ4v) is 2.19. The molecule has 1 amide bonds. The van der Waals surface area contributed by atoms with Crippen LogP contribution in [0.3, 0.4) is 0 Å². The van der Waals surface area contributed by atoms with Gasteiger partial charge >= 0.3 is 0 Å². The van der Waals surface area contributed by atoms with Gasteiger partial charge in [-0.2, -0.15) is 0 Å². The first-order valence-electron chi connectivity index (χ1n) is 6.05. The molecule has 3 rings (SSSR count). The highest BCUT2D eigenvalue weighted by molar-refractivity contribution is 6.46. The van der Waals surface area contributed by atoms with Crippen molar-refractivity contribution in [2.45, 2.75) is 6.04 Å². The van der Waals surface area contributed by atoms with Crippen LogP contribution in [0.25, 0.3) is 5.76 Å². The fraction of sp³-hybridized carbons (Fsp3) is 0.0667. The third-order valence-electron chi connectivity index (χ3n) is 3.15. The number of Topliss-reactive ketones (excluding diaryl/α,β-unsaturated/α-hetero) is 1. The molecule has 1 aliphatic heterocycles. The van der Waals surface area contributed by atoms with Gasteiger partial charge in [-0.1, -0.05) is 30.3 Å². The van der Waals surface area contributed by atoms with Crippen molar-refractivity contribution >= 4 is 17.4 Å². The lowest BCUT2D eigenvalue weighted by Crippen LogP contribution is -2.20. The van der Waals surface area contributed by atoms with Gasteiger partial charge in [-0.25, -0.2) is 0 Å². The van der Waals surface area contributed by atoms with Crippen LogP contribution in [0.2, 0.25) is 0 Å². The van der Waals surface area contributed by atoms with Gasteiger partial charge in [-0.3, -0.25) is 9.59 Å². The molecule has 0 spiro atoms. The van der Waals surface area contributed by atoms with E-state index in [0.29, 0.717) is 11.3 Å². The average molecular weight is 269 g/mol. The van der Waals surface area contributed by atoms with E-state index in [0.717, 1.165) is 0 Å². The third-order valence-corrected chi connectivity index (χ3v) is 3.15. The maximum atomic E-state index is 12.0. The molecule has 20 heavy (non-hydrogen) atoms. The summed E-state index contributed by atoms with van der Waals surface area (Å²) in [6.45, 7) is 0. The zero-order valence-corrected chi connectivity index (χ0v) is 10.4. The zero-order valence-electron chi connectivity index (χ0n) is 10.4. The van der Waals surface area contributed by atoms with Gasteiger partial charge in [0.15, 0.2) is 0 Å². The Morgan fingerprint density at radius 1 is 1.10 bits per heavy atom. The third kappa shape index (κ3) is 1.89. The summed E-state index contributed by atoms with van der Waals surface area (Å²) in [6.07, 6.45) is 1.45. The van der Waals surface area contributed by atoms with Crippen LogP contribution < -0.4 is 5.32 Å². The van der Waals surface area contributed by atoms with Crippen molar-refractivity contribution in [1.82, 2.24) is 5.32 Å². The smallest absolute Gasteiger partial charge is 0.293 e. The van der Waals surface area contributed by atoms with Gasteiger partial charge in [-0.15, -0.1) is 0 Å². The lowest BCUT2D eigenvalue weighted by molar-refractivity contribution is -0.133. The van der Waals surface area contributed by atoms with Crippen LogP contribution in [-0.4, -0.2) is 16.8 Å². The Morgan fingerprint density at radius 3 is 2.50 bits per heavy atom. The van der Waals surface area contributed by atoms with E-state index >= 15 is 0 Å². The number of carbonyl (C=O) groups excluding carboxylic acids is 2. The molecule has 1 fully saturated rings. The maximum absolute atomic E-state index is 12.0. The molecule has 1 aliphatic rings. The van der Waals surface area contributed by atoms with E-state index in [9.17, 15) is 14.7 Å². The lowest BCUT2D eigenvalue weighted by Gasteiger charge is -2.10. The van der Waals surface area contributed by atoms with E-state index in [1.54, 1.807) is 42.5 Å². The normalized spacial score (nSPS) is 20.9. The number of aliphatic hydroxyl groups is 1. The number of furan rings is 1. The molecule has 2 N–H and O–H groups in total. The van der Waals surface area contributed by atoms with Crippen molar-refractivity contribution in [3.63, 3.8) is 0 Å². The zero-order chi connectivity index (χ0) is 14.1. The minimum atomic E-state index is -0.759. The molecule has 5 heteroatoms. The van der Waals surface area contributed by atoms with E-state index < -0.39 is 17.7 Å². The molecule has 1 saturated heterocycles. The van der Waals surface area contributed by atoms with E-state index in [1.807, 2.05) is 0 Å². The Balaban J connectivity index is 2.13. The van der Waals surface area contributed by atoms with Gasteiger partial charge in [0, 0.05) is 5.56 Å². The summed E-state index contributed by atoms with van der Waals surface area (Å²) in [5.41, 5.74) is 0.486. The molecule has 0 saturated carbocycles. The van der Waals surface area contributed by atoms with E-state index in [4.69, 9.17) is 4.42 Å². The monoisotopic (exact) mass is 269 g/mol. The molecule has 2 heterocycles. The van der Waals surface area contributed by atoms with Gasteiger partial charge in [0.25, 0.3) is 11.7 Å². The second kappa shape index (κ2) is 4.70. The van der Waals surface area contributed by atoms with Gasteiger partial charge in [0.2, 0.25) is 0 Å². The molecular formula is C15H11NO4. The number of carbonyl (C=O) groups is 2. The molecule has 0 radical (unpaired) electrons. The largest absolute Gasteiger partial charge is 0.507 e. The SMILES string of the molecule is O=C1NC(c2ccco2)/C(=C(\O)c2ccccc2)C1=O. The summed E-state index contributed by atoms with van der Waals surface area (Å²) >= 11 is 0. The second-order valence-electron chi connectivity index (χ2n) is 4.38. The maximum Gasteiger partial charge on any atom is 0.293 e. The quantitative estimate of drug-likeness (QED) is 0.496. The van der Waals surface area contributed by atoms with Gasteiger partial charge in [0.1, 0.15) is 17.6 Å². The first-order chi connectivity index (χ1) is 9.68. The molecule has 1 aromatic heterocycles. The molecule has 5 nitrogen and oxygen atoms in total. The molecule has 1 aromatic carbocycles. The summed E-state index contributed by atoms with van der Waals surface area (Å²) in [5.74, 6) is -1.30. The molecule has 0 bridgehead atoms.